The Balaban J connectivity index is 1.48. The lowest BCUT2D eigenvalue weighted by Crippen LogP contribution is -2.38. The number of fused-ring (bicyclic) bond motifs is 1. The first-order chi connectivity index (χ1) is 12.2. The van der Waals surface area contributed by atoms with Gasteiger partial charge in [-0.05, 0) is 47.9 Å². The molecule has 0 spiro atoms. The van der Waals surface area contributed by atoms with Crippen LogP contribution in [0.3, 0.4) is 0 Å². The highest BCUT2D eigenvalue weighted by atomic mass is 16.2. The van der Waals surface area contributed by atoms with Crippen molar-refractivity contribution in [1.29, 1.82) is 0 Å². The standard InChI is InChI=1S/C22H19NO2/c24-21-19-16-6-7-17(9-8-16)20(19)22(25)23(21)18-12-10-15(11-13-18)14-4-2-1-3-5-14/h1-7,10-13,16-17,19-20H,8-9H2/t16-,17+,19-,20+. The van der Waals surface area contributed by atoms with Gasteiger partial charge in [-0.15, -0.1) is 0 Å². The normalized spacial score (nSPS) is 30.0. The lowest BCUT2D eigenvalue weighted by atomic mass is 9.63. The first-order valence-corrected chi connectivity index (χ1v) is 8.95. The van der Waals surface area contributed by atoms with Gasteiger partial charge in [-0.1, -0.05) is 54.6 Å². The fourth-order valence-electron chi connectivity index (χ4n) is 4.76. The molecule has 3 heteroatoms. The van der Waals surface area contributed by atoms with Crippen LogP contribution < -0.4 is 4.90 Å². The van der Waals surface area contributed by atoms with Crippen molar-refractivity contribution in [3.05, 3.63) is 66.7 Å². The highest BCUT2D eigenvalue weighted by Gasteiger charge is 2.56. The first kappa shape index (κ1) is 14.6. The molecule has 25 heavy (non-hydrogen) atoms. The van der Waals surface area contributed by atoms with E-state index in [-0.39, 0.29) is 35.5 Å². The molecule has 124 valence electrons. The minimum absolute atomic E-state index is 0.0125. The van der Waals surface area contributed by atoms with Gasteiger partial charge in [0, 0.05) is 0 Å². The number of imide groups is 1. The quantitative estimate of drug-likeness (QED) is 0.615. The fraction of sp³-hybridized carbons (Fsp3) is 0.273. The number of rotatable bonds is 2. The maximum atomic E-state index is 13.0. The van der Waals surface area contributed by atoms with Gasteiger partial charge >= 0.3 is 0 Å². The van der Waals surface area contributed by atoms with E-state index in [1.807, 2.05) is 42.5 Å². The van der Waals surface area contributed by atoms with Crippen molar-refractivity contribution in [2.45, 2.75) is 12.8 Å². The van der Waals surface area contributed by atoms with E-state index in [0.29, 0.717) is 5.69 Å². The predicted molar refractivity (Wildman–Crippen MR) is 96.7 cm³/mol. The molecule has 0 aromatic heterocycles. The molecule has 2 amide bonds. The van der Waals surface area contributed by atoms with Crippen LogP contribution in [0.2, 0.25) is 0 Å². The summed E-state index contributed by atoms with van der Waals surface area (Å²) in [6, 6.07) is 17.9. The number of hydrogen-bond donors (Lipinski definition) is 0. The zero-order valence-electron chi connectivity index (χ0n) is 13.8. The van der Waals surface area contributed by atoms with E-state index in [1.165, 1.54) is 4.90 Å². The van der Waals surface area contributed by atoms with Crippen molar-refractivity contribution in [3.8, 4) is 11.1 Å². The number of allylic oxidation sites excluding steroid dienone is 2. The van der Waals surface area contributed by atoms with Crippen molar-refractivity contribution in [2.75, 3.05) is 4.90 Å². The second-order valence-electron chi connectivity index (χ2n) is 7.27. The minimum atomic E-state index is -0.148. The van der Waals surface area contributed by atoms with E-state index < -0.39 is 0 Å². The molecule has 0 unspecified atom stereocenters. The SMILES string of the molecule is O=C1[C@@H]2[C@H](C(=O)N1c1ccc(-c3ccccc3)cc1)[C@@H]1C=C[C@H]2CC1. The topological polar surface area (TPSA) is 37.4 Å². The summed E-state index contributed by atoms with van der Waals surface area (Å²) in [4.78, 5) is 27.4. The largest absolute Gasteiger partial charge is 0.274 e. The van der Waals surface area contributed by atoms with E-state index >= 15 is 0 Å². The van der Waals surface area contributed by atoms with Gasteiger partial charge in [-0.3, -0.25) is 14.5 Å². The number of nitrogens with zero attached hydrogens (tertiary/aromatic N) is 1. The molecule has 1 saturated carbocycles. The van der Waals surface area contributed by atoms with Crippen molar-refractivity contribution >= 4 is 17.5 Å². The van der Waals surface area contributed by atoms with E-state index in [1.54, 1.807) is 0 Å². The summed E-state index contributed by atoms with van der Waals surface area (Å²) >= 11 is 0. The van der Waals surface area contributed by atoms with Gasteiger partial charge < -0.3 is 0 Å². The number of carbonyl (C=O) groups is 2. The fourth-order valence-corrected chi connectivity index (χ4v) is 4.76. The Kier molecular flexibility index (Phi) is 3.17. The van der Waals surface area contributed by atoms with Crippen LogP contribution in [0.1, 0.15) is 12.8 Å². The van der Waals surface area contributed by atoms with Crippen molar-refractivity contribution in [3.63, 3.8) is 0 Å². The maximum Gasteiger partial charge on any atom is 0.238 e. The highest BCUT2D eigenvalue weighted by Crippen LogP contribution is 2.50. The van der Waals surface area contributed by atoms with Crippen LogP contribution >= 0.6 is 0 Å². The second kappa shape index (κ2) is 5.41. The van der Waals surface area contributed by atoms with Gasteiger partial charge in [0.2, 0.25) is 11.8 Å². The Labute approximate surface area is 147 Å². The number of anilines is 1. The first-order valence-electron chi connectivity index (χ1n) is 8.95. The van der Waals surface area contributed by atoms with E-state index in [0.717, 1.165) is 24.0 Å². The molecule has 2 fully saturated rings. The Morgan fingerprint density at radius 3 is 1.72 bits per heavy atom. The average molecular weight is 329 g/mol. The zero-order chi connectivity index (χ0) is 17.0. The molecule has 2 bridgehead atoms. The zero-order valence-corrected chi connectivity index (χ0v) is 13.8. The van der Waals surface area contributed by atoms with E-state index in [9.17, 15) is 9.59 Å². The van der Waals surface area contributed by atoms with Gasteiger partial charge in [-0.25, -0.2) is 0 Å². The molecule has 4 aliphatic rings. The number of hydrogen-bond acceptors (Lipinski definition) is 2. The third-order valence-electron chi connectivity index (χ3n) is 5.99. The van der Waals surface area contributed by atoms with Gasteiger partial charge in [0.05, 0.1) is 17.5 Å². The Bertz CT molecular complexity index is 837. The van der Waals surface area contributed by atoms with Crippen LogP contribution in [-0.2, 0) is 9.59 Å². The van der Waals surface area contributed by atoms with Crippen LogP contribution in [0, 0.1) is 23.7 Å². The summed E-state index contributed by atoms with van der Waals surface area (Å²) in [7, 11) is 0. The molecule has 0 radical (unpaired) electrons. The van der Waals surface area contributed by atoms with Gasteiger partial charge in [0.25, 0.3) is 0 Å². The predicted octanol–water partition coefficient (Wildman–Crippen LogP) is 4.06. The summed E-state index contributed by atoms with van der Waals surface area (Å²) in [5.41, 5.74) is 2.91. The molecule has 0 N–H and O–H groups in total. The van der Waals surface area contributed by atoms with Gasteiger partial charge in [0.1, 0.15) is 0 Å². The maximum absolute atomic E-state index is 13.0. The number of amides is 2. The third kappa shape index (κ3) is 2.12. The Morgan fingerprint density at radius 1 is 0.680 bits per heavy atom. The van der Waals surface area contributed by atoms with Crippen LogP contribution in [0.25, 0.3) is 11.1 Å². The highest BCUT2D eigenvalue weighted by molar-refractivity contribution is 6.22. The molecule has 1 heterocycles. The van der Waals surface area contributed by atoms with Crippen molar-refractivity contribution < 1.29 is 9.59 Å². The van der Waals surface area contributed by atoms with Gasteiger partial charge in [0.15, 0.2) is 0 Å². The van der Waals surface area contributed by atoms with Crippen LogP contribution in [0.5, 0.6) is 0 Å². The van der Waals surface area contributed by atoms with Crippen molar-refractivity contribution in [2.24, 2.45) is 23.7 Å². The number of benzene rings is 2. The van der Waals surface area contributed by atoms with Crippen LogP contribution in [0.15, 0.2) is 66.7 Å². The van der Waals surface area contributed by atoms with Gasteiger partial charge in [-0.2, -0.15) is 0 Å². The summed E-state index contributed by atoms with van der Waals surface area (Å²) in [6.07, 6.45) is 6.37. The van der Waals surface area contributed by atoms with E-state index in [4.69, 9.17) is 0 Å². The summed E-state index contributed by atoms with van der Waals surface area (Å²) < 4.78 is 0. The summed E-state index contributed by atoms with van der Waals surface area (Å²) in [5, 5.41) is 0. The van der Waals surface area contributed by atoms with Crippen LogP contribution in [0.4, 0.5) is 5.69 Å². The summed E-state index contributed by atoms with van der Waals surface area (Å²) in [5.74, 6) is 0.151. The Hall–Kier alpha value is -2.68. The molecule has 6 rings (SSSR count). The molecule has 1 saturated heterocycles. The third-order valence-corrected chi connectivity index (χ3v) is 5.99. The molecule has 4 atom stereocenters. The molecule has 1 aliphatic heterocycles. The average Bonchev–Trinajstić information content (AvgIpc) is 2.97. The van der Waals surface area contributed by atoms with Crippen LogP contribution in [-0.4, -0.2) is 11.8 Å². The molecular weight excluding hydrogens is 310 g/mol. The Morgan fingerprint density at radius 2 is 1.20 bits per heavy atom. The lowest BCUT2D eigenvalue weighted by Gasteiger charge is -2.38. The van der Waals surface area contributed by atoms with Crippen molar-refractivity contribution in [1.82, 2.24) is 0 Å². The lowest BCUT2D eigenvalue weighted by molar-refractivity contribution is -0.124. The molecule has 3 nitrogen and oxygen atoms in total. The smallest absolute Gasteiger partial charge is 0.238 e. The summed E-state index contributed by atoms with van der Waals surface area (Å²) in [6.45, 7) is 0. The van der Waals surface area contributed by atoms with E-state index in [2.05, 4.69) is 24.3 Å². The second-order valence-corrected chi connectivity index (χ2v) is 7.27. The number of carbonyl (C=O) groups excluding carboxylic acids is 2. The molecular formula is C22H19NO2. The minimum Gasteiger partial charge on any atom is -0.274 e. The molecule has 2 aromatic rings. The monoisotopic (exact) mass is 329 g/mol. The molecule has 2 aromatic carbocycles. The molecule has 3 aliphatic carbocycles.